The zero-order valence-electron chi connectivity index (χ0n) is 7.89. The minimum atomic E-state index is -4.23. The van der Waals surface area contributed by atoms with Gasteiger partial charge in [0.2, 0.25) is 0 Å². The molecule has 0 bridgehead atoms. The molecule has 1 aromatic rings. The Morgan fingerprint density at radius 1 is 1.47 bits per heavy atom. The number of thiol groups is 1. The Morgan fingerprint density at radius 2 is 2.06 bits per heavy atom. The molecule has 0 N–H and O–H groups in total. The second kappa shape index (κ2) is 5.08. The molecule has 0 heterocycles. The van der Waals surface area contributed by atoms with E-state index in [1.807, 2.05) is 0 Å². The summed E-state index contributed by atoms with van der Waals surface area (Å²) in [7, 11) is 0.827. The van der Waals surface area contributed by atoms with E-state index in [1.165, 1.54) is 0 Å². The lowest BCUT2D eigenvalue weighted by Crippen LogP contribution is -2.05. The summed E-state index contributed by atoms with van der Waals surface area (Å²) in [6.45, 7) is -3.14. The lowest BCUT2D eigenvalue weighted by molar-refractivity contribution is -0.0518. The van der Waals surface area contributed by atoms with Crippen LogP contribution < -0.4 is 4.74 Å². The molecule has 0 aliphatic carbocycles. The Hall–Kier alpha value is -1.04. The fourth-order valence-corrected chi connectivity index (χ4v) is 2.27. The van der Waals surface area contributed by atoms with Gasteiger partial charge >= 0.3 is 6.61 Å². The van der Waals surface area contributed by atoms with Crippen LogP contribution in [0.15, 0.2) is 21.9 Å². The molecule has 0 aromatic heterocycles. The smallest absolute Gasteiger partial charge is 0.387 e. The number of ether oxygens (including phenoxy) is 1. The Balaban J connectivity index is 3.45. The molecule has 1 rings (SSSR count). The lowest BCUT2D eigenvalue weighted by Gasteiger charge is -2.09. The van der Waals surface area contributed by atoms with Gasteiger partial charge < -0.3 is 4.74 Å². The van der Waals surface area contributed by atoms with Gasteiger partial charge in [-0.2, -0.15) is 14.0 Å². The van der Waals surface area contributed by atoms with Gasteiger partial charge in [0.25, 0.3) is 9.05 Å². The Morgan fingerprint density at radius 3 is 2.47 bits per heavy atom. The van der Waals surface area contributed by atoms with Crippen molar-refractivity contribution in [1.82, 2.24) is 0 Å². The maximum absolute atomic E-state index is 12.0. The molecule has 0 fully saturated rings. The quantitative estimate of drug-likeness (QED) is 0.687. The average molecular weight is 300 g/mol. The van der Waals surface area contributed by atoms with Gasteiger partial charge in [0.1, 0.15) is 16.7 Å². The van der Waals surface area contributed by atoms with Gasteiger partial charge in [-0.15, -0.1) is 12.6 Å². The highest BCUT2D eigenvalue weighted by molar-refractivity contribution is 8.13. The van der Waals surface area contributed by atoms with Gasteiger partial charge in [-0.05, 0) is 6.07 Å². The van der Waals surface area contributed by atoms with Gasteiger partial charge in [-0.25, -0.2) is 8.42 Å². The predicted octanol–water partition coefficient (Wildman–Crippen LogP) is 2.38. The Labute approximate surface area is 106 Å². The zero-order chi connectivity index (χ0) is 13.2. The molecule has 0 amide bonds. The summed E-state index contributed by atoms with van der Waals surface area (Å²) < 4.78 is 50.3. The molecule has 0 aliphatic rings. The van der Waals surface area contributed by atoms with Crippen LogP contribution in [0, 0.1) is 11.3 Å². The first-order chi connectivity index (χ1) is 7.75. The summed E-state index contributed by atoms with van der Waals surface area (Å²) in [5.74, 6) is -0.471. The maximum atomic E-state index is 12.0. The molecule has 1 aromatic carbocycles. The number of hydrogen-bond acceptors (Lipinski definition) is 5. The van der Waals surface area contributed by atoms with Crippen LogP contribution in [-0.4, -0.2) is 15.0 Å². The van der Waals surface area contributed by atoms with E-state index >= 15 is 0 Å². The Kier molecular flexibility index (Phi) is 4.19. The molecule has 0 atom stereocenters. The topological polar surface area (TPSA) is 67.2 Å². The van der Waals surface area contributed by atoms with Crippen molar-refractivity contribution in [2.45, 2.75) is 16.4 Å². The predicted molar refractivity (Wildman–Crippen MR) is 58.1 cm³/mol. The first kappa shape index (κ1) is 14.0. The summed E-state index contributed by atoms with van der Waals surface area (Å²) in [6.07, 6.45) is 0. The average Bonchev–Trinajstić information content (AvgIpc) is 2.18. The number of rotatable bonds is 3. The first-order valence-corrected chi connectivity index (χ1v) is 6.68. The number of nitrogens with zero attached hydrogens (tertiary/aromatic N) is 1. The van der Waals surface area contributed by atoms with Crippen molar-refractivity contribution in [1.29, 1.82) is 5.26 Å². The Bertz CT molecular complexity index is 583. The minimum absolute atomic E-state index is 0.0917. The second-order valence-corrected chi connectivity index (χ2v) is 5.76. The number of nitriles is 1. The van der Waals surface area contributed by atoms with Crippen molar-refractivity contribution in [2.24, 2.45) is 0 Å². The van der Waals surface area contributed by atoms with Gasteiger partial charge in [-0.1, -0.05) is 0 Å². The second-order valence-electron chi connectivity index (χ2n) is 2.74. The molecular formula is C8H4ClF2NO3S2. The third-order valence-electron chi connectivity index (χ3n) is 1.66. The van der Waals surface area contributed by atoms with E-state index in [9.17, 15) is 17.2 Å². The maximum Gasteiger partial charge on any atom is 0.387 e. The molecular weight excluding hydrogens is 296 g/mol. The molecule has 0 radical (unpaired) electrons. The molecule has 0 aliphatic heterocycles. The number of alkyl halides is 2. The summed E-state index contributed by atoms with van der Waals surface area (Å²) in [5, 5.41) is 8.68. The van der Waals surface area contributed by atoms with Gasteiger partial charge in [-0.3, -0.25) is 0 Å². The van der Waals surface area contributed by atoms with E-state index in [0.29, 0.717) is 0 Å². The minimum Gasteiger partial charge on any atom is -0.434 e. The van der Waals surface area contributed by atoms with Crippen LogP contribution in [0.5, 0.6) is 5.75 Å². The lowest BCUT2D eigenvalue weighted by atomic mass is 10.2. The summed E-state index contributed by atoms with van der Waals surface area (Å²) >= 11 is 3.79. The molecule has 0 saturated carbocycles. The van der Waals surface area contributed by atoms with Crippen molar-refractivity contribution in [3.05, 3.63) is 17.7 Å². The van der Waals surface area contributed by atoms with E-state index in [2.05, 4.69) is 17.4 Å². The SMILES string of the molecule is N#Cc1cc(S)c(OC(F)F)cc1S(=O)(=O)Cl. The molecule has 92 valence electrons. The van der Waals surface area contributed by atoms with Crippen LogP contribution >= 0.6 is 23.3 Å². The van der Waals surface area contributed by atoms with Gasteiger partial charge in [0.15, 0.2) is 0 Å². The summed E-state index contributed by atoms with van der Waals surface area (Å²) in [4.78, 5) is -0.693. The third-order valence-corrected chi connectivity index (χ3v) is 3.37. The fraction of sp³-hybridized carbons (Fsp3) is 0.125. The van der Waals surface area contributed by atoms with Crippen LogP contribution in [-0.2, 0) is 9.05 Å². The van der Waals surface area contributed by atoms with E-state index in [0.717, 1.165) is 12.1 Å². The van der Waals surface area contributed by atoms with Crippen molar-refractivity contribution in [3.63, 3.8) is 0 Å². The number of benzene rings is 1. The largest absolute Gasteiger partial charge is 0.434 e. The highest BCUT2D eigenvalue weighted by Gasteiger charge is 2.20. The highest BCUT2D eigenvalue weighted by atomic mass is 35.7. The fourth-order valence-electron chi connectivity index (χ4n) is 1.03. The van der Waals surface area contributed by atoms with Crippen molar-refractivity contribution in [3.8, 4) is 11.8 Å². The normalized spacial score (nSPS) is 11.3. The van der Waals surface area contributed by atoms with Crippen LogP contribution in [0.3, 0.4) is 0 Å². The standard InChI is InChI=1S/C8H4ClF2NO3S2/c9-17(13,14)7-2-5(15-8(10)11)6(16)1-4(7)3-12/h1-2,8,16H. The molecule has 4 nitrogen and oxygen atoms in total. The summed E-state index contributed by atoms with van der Waals surface area (Å²) in [6, 6.07) is 3.28. The highest BCUT2D eigenvalue weighted by Crippen LogP contribution is 2.31. The van der Waals surface area contributed by atoms with Crippen molar-refractivity contribution >= 4 is 32.4 Å². The summed E-state index contributed by atoms with van der Waals surface area (Å²) in [5.41, 5.74) is -0.299. The molecule has 0 saturated heterocycles. The molecule has 0 unspecified atom stereocenters. The van der Waals surface area contributed by atoms with Gasteiger partial charge in [0.05, 0.1) is 5.56 Å². The van der Waals surface area contributed by atoms with Crippen LogP contribution in [0.1, 0.15) is 5.56 Å². The molecule has 17 heavy (non-hydrogen) atoms. The van der Waals surface area contributed by atoms with Crippen LogP contribution in [0.2, 0.25) is 0 Å². The third kappa shape index (κ3) is 3.46. The number of hydrogen-bond donors (Lipinski definition) is 1. The molecule has 0 spiro atoms. The monoisotopic (exact) mass is 299 g/mol. The van der Waals surface area contributed by atoms with E-state index in [-0.39, 0.29) is 10.5 Å². The number of halogens is 3. The van der Waals surface area contributed by atoms with Crippen molar-refractivity contribution < 1.29 is 21.9 Å². The zero-order valence-corrected chi connectivity index (χ0v) is 10.4. The first-order valence-electron chi connectivity index (χ1n) is 3.92. The van der Waals surface area contributed by atoms with Crippen LogP contribution in [0.4, 0.5) is 8.78 Å². The van der Waals surface area contributed by atoms with E-state index < -0.39 is 26.3 Å². The van der Waals surface area contributed by atoms with Crippen molar-refractivity contribution in [2.75, 3.05) is 0 Å². The van der Waals surface area contributed by atoms with Crippen LogP contribution in [0.25, 0.3) is 0 Å². The van der Waals surface area contributed by atoms with Gasteiger partial charge in [0, 0.05) is 21.6 Å². The van der Waals surface area contributed by atoms with E-state index in [1.54, 1.807) is 6.07 Å². The molecule has 9 heteroatoms. The van der Waals surface area contributed by atoms with E-state index in [4.69, 9.17) is 15.9 Å².